The van der Waals surface area contributed by atoms with E-state index in [1.165, 1.54) is 0 Å². The van der Waals surface area contributed by atoms with Crippen molar-refractivity contribution in [2.75, 3.05) is 0 Å². The molecule has 0 aliphatic rings. The second kappa shape index (κ2) is 5.27. The van der Waals surface area contributed by atoms with Crippen LogP contribution in [0.1, 0.15) is 25.3 Å². The third-order valence-corrected chi connectivity index (χ3v) is 3.43. The monoisotopic (exact) mass is 328 g/mol. The van der Waals surface area contributed by atoms with Crippen LogP contribution in [0.3, 0.4) is 0 Å². The van der Waals surface area contributed by atoms with E-state index in [0.29, 0.717) is 0 Å². The smallest absolute Gasteiger partial charge is 0.0830 e. The minimum atomic E-state index is -1.27. The molecule has 1 unspecified atom stereocenters. The van der Waals surface area contributed by atoms with Gasteiger partial charge in [-0.3, -0.25) is 0 Å². The van der Waals surface area contributed by atoms with E-state index in [-0.39, 0.29) is 11.8 Å². The van der Waals surface area contributed by atoms with Crippen LogP contribution in [0.15, 0.2) is 28.7 Å². The molecule has 0 spiro atoms. The highest BCUT2D eigenvalue weighted by Crippen LogP contribution is 2.46. The zero-order chi connectivity index (χ0) is 11.6. The summed E-state index contributed by atoms with van der Waals surface area (Å²) in [4.78, 5) is 0. The summed E-state index contributed by atoms with van der Waals surface area (Å²) < 4.78 is -0.269. The predicted molar refractivity (Wildman–Crippen MR) is 72.0 cm³/mol. The molecule has 0 radical (unpaired) electrons. The van der Waals surface area contributed by atoms with Gasteiger partial charge in [-0.25, -0.2) is 0 Å². The first-order valence-corrected chi connectivity index (χ1v) is 6.57. The van der Waals surface area contributed by atoms with Gasteiger partial charge in [0, 0.05) is 10.4 Å². The molecule has 1 atom stereocenters. The summed E-state index contributed by atoms with van der Waals surface area (Å²) in [6.07, 6.45) is 0. The fourth-order valence-electron chi connectivity index (χ4n) is 1.65. The van der Waals surface area contributed by atoms with Crippen LogP contribution in [0.25, 0.3) is 0 Å². The zero-order valence-electron chi connectivity index (χ0n) is 8.48. The van der Waals surface area contributed by atoms with Crippen LogP contribution in [0.2, 0.25) is 0 Å². The number of alkyl halides is 3. The van der Waals surface area contributed by atoms with Gasteiger partial charge in [0.15, 0.2) is 3.79 Å². The minimum Gasteiger partial charge on any atom is -0.0830 e. The standard InChI is InChI=1S/C11H12BrCl3/c1-7(2)10(11(13,14)15)8-4-3-5-9(12)6-8/h3-7,10H,1-2H3. The lowest BCUT2D eigenvalue weighted by Gasteiger charge is -2.28. The van der Waals surface area contributed by atoms with Crippen LogP contribution in [0.4, 0.5) is 0 Å². The Morgan fingerprint density at radius 3 is 2.20 bits per heavy atom. The summed E-state index contributed by atoms with van der Waals surface area (Å²) >= 11 is 21.4. The largest absolute Gasteiger partial charge is 0.197 e. The number of halogens is 4. The fraction of sp³-hybridized carbons (Fsp3) is 0.455. The van der Waals surface area contributed by atoms with Gasteiger partial charge in [-0.15, -0.1) is 0 Å². The van der Waals surface area contributed by atoms with Crippen molar-refractivity contribution < 1.29 is 0 Å². The lowest BCUT2D eigenvalue weighted by Crippen LogP contribution is -2.22. The highest BCUT2D eigenvalue weighted by Gasteiger charge is 2.36. The molecule has 1 aromatic rings. The summed E-state index contributed by atoms with van der Waals surface area (Å²) in [6, 6.07) is 7.88. The Labute approximate surface area is 114 Å². The van der Waals surface area contributed by atoms with Crippen molar-refractivity contribution in [1.29, 1.82) is 0 Å². The van der Waals surface area contributed by atoms with Gasteiger partial charge < -0.3 is 0 Å². The molecule has 0 N–H and O–H groups in total. The molecular weight excluding hydrogens is 318 g/mol. The molecule has 15 heavy (non-hydrogen) atoms. The molecule has 0 saturated heterocycles. The van der Waals surface area contributed by atoms with E-state index >= 15 is 0 Å². The van der Waals surface area contributed by atoms with Crippen LogP contribution < -0.4 is 0 Å². The van der Waals surface area contributed by atoms with Crippen molar-refractivity contribution in [2.45, 2.75) is 23.6 Å². The summed E-state index contributed by atoms with van der Waals surface area (Å²) in [5, 5.41) is 0. The third-order valence-electron chi connectivity index (χ3n) is 2.23. The van der Waals surface area contributed by atoms with Gasteiger partial charge in [-0.1, -0.05) is 76.7 Å². The first-order chi connectivity index (χ1) is 6.82. The maximum atomic E-state index is 6.00. The minimum absolute atomic E-state index is 0.0972. The Morgan fingerprint density at radius 1 is 1.20 bits per heavy atom. The van der Waals surface area contributed by atoms with E-state index in [2.05, 4.69) is 15.9 Å². The lowest BCUT2D eigenvalue weighted by molar-refractivity contribution is 0.505. The molecule has 1 rings (SSSR count). The van der Waals surface area contributed by atoms with Gasteiger partial charge in [-0.2, -0.15) is 0 Å². The highest BCUT2D eigenvalue weighted by atomic mass is 79.9. The quantitative estimate of drug-likeness (QED) is 0.623. The molecule has 0 nitrogen and oxygen atoms in total. The van der Waals surface area contributed by atoms with E-state index in [0.717, 1.165) is 10.0 Å². The van der Waals surface area contributed by atoms with Gasteiger partial charge in [0.2, 0.25) is 0 Å². The van der Waals surface area contributed by atoms with Crippen LogP contribution in [-0.2, 0) is 0 Å². The molecule has 84 valence electrons. The topological polar surface area (TPSA) is 0 Å². The lowest BCUT2D eigenvalue weighted by atomic mass is 9.90. The van der Waals surface area contributed by atoms with Crippen molar-refractivity contribution in [2.24, 2.45) is 5.92 Å². The number of hydrogen-bond donors (Lipinski definition) is 0. The molecule has 0 aliphatic carbocycles. The van der Waals surface area contributed by atoms with Crippen molar-refractivity contribution in [3.63, 3.8) is 0 Å². The van der Waals surface area contributed by atoms with Crippen LogP contribution >= 0.6 is 50.7 Å². The Hall–Kier alpha value is 0.570. The molecule has 0 aliphatic heterocycles. The van der Waals surface area contributed by atoms with Crippen LogP contribution in [0, 0.1) is 5.92 Å². The maximum absolute atomic E-state index is 6.00. The van der Waals surface area contributed by atoms with Gasteiger partial charge in [0.25, 0.3) is 0 Å². The second-order valence-corrected chi connectivity index (χ2v) is 7.10. The van der Waals surface area contributed by atoms with Crippen molar-refractivity contribution in [1.82, 2.24) is 0 Å². The van der Waals surface area contributed by atoms with Gasteiger partial charge in [0.1, 0.15) is 0 Å². The van der Waals surface area contributed by atoms with Gasteiger partial charge in [-0.05, 0) is 23.6 Å². The van der Waals surface area contributed by atoms with Gasteiger partial charge in [0.05, 0.1) is 0 Å². The summed E-state index contributed by atoms with van der Waals surface area (Å²) in [7, 11) is 0. The molecule has 1 aromatic carbocycles. The highest BCUT2D eigenvalue weighted by molar-refractivity contribution is 9.10. The molecule has 0 amide bonds. The van der Waals surface area contributed by atoms with E-state index in [9.17, 15) is 0 Å². The van der Waals surface area contributed by atoms with E-state index in [1.807, 2.05) is 38.1 Å². The Kier molecular flexibility index (Phi) is 4.79. The summed E-state index contributed by atoms with van der Waals surface area (Å²) in [5.41, 5.74) is 1.04. The summed E-state index contributed by atoms with van der Waals surface area (Å²) in [5.74, 6) is 0.173. The first kappa shape index (κ1) is 13.6. The van der Waals surface area contributed by atoms with Gasteiger partial charge >= 0.3 is 0 Å². The molecule has 0 fully saturated rings. The fourth-order valence-corrected chi connectivity index (χ4v) is 3.20. The molecule has 0 bridgehead atoms. The second-order valence-electron chi connectivity index (χ2n) is 3.82. The van der Waals surface area contributed by atoms with Crippen LogP contribution in [0.5, 0.6) is 0 Å². The van der Waals surface area contributed by atoms with E-state index in [4.69, 9.17) is 34.8 Å². The third kappa shape index (κ3) is 3.81. The van der Waals surface area contributed by atoms with Crippen LogP contribution in [-0.4, -0.2) is 3.79 Å². The first-order valence-electron chi connectivity index (χ1n) is 4.64. The molecule has 0 aromatic heterocycles. The molecule has 0 heterocycles. The Bertz CT molecular complexity index is 331. The Balaban J connectivity index is 3.11. The number of rotatable bonds is 2. The van der Waals surface area contributed by atoms with E-state index < -0.39 is 3.79 Å². The Morgan fingerprint density at radius 2 is 1.80 bits per heavy atom. The maximum Gasteiger partial charge on any atom is 0.197 e. The number of benzene rings is 1. The van der Waals surface area contributed by atoms with E-state index in [1.54, 1.807) is 0 Å². The van der Waals surface area contributed by atoms with Crippen molar-refractivity contribution in [3.05, 3.63) is 34.3 Å². The SMILES string of the molecule is CC(C)C(c1cccc(Br)c1)C(Cl)(Cl)Cl. The molecule has 4 heteroatoms. The zero-order valence-corrected chi connectivity index (χ0v) is 12.3. The molecule has 0 saturated carbocycles. The average molecular weight is 330 g/mol. The predicted octanol–water partition coefficient (Wildman–Crippen LogP) is 5.56. The normalized spacial score (nSPS) is 14.3. The van der Waals surface area contributed by atoms with Crippen molar-refractivity contribution in [3.8, 4) is 0 Å². The molecular formula is C11H12BrCl3. The average Bonchev–Trinajstić information content (AvgIpc) is 1.99. The van der Waals surface area contributed by atoms with Crippen molar-refractivity contribution >= 4 is 50.7 Å². The summed E-state index contributed by atoms with van der Waals surface area (Å²) in [6.45, 7) is 4.10. The number of hydrogen-bond acceptors (Lipinski definition) is 0.